The molecule has 0 heterocycles. The molecule has 0 amide bonds. The first kappa shape index (κ1) is 12.0. The van der Waals surface area contributed by atoms with E-state index in [-0.39, 0.29) is 0 Å². The summed E-state index contributed by atoms with van der Waals surface area (Å²) in [5.74, 6) is 1.52. The number of para-hydroxylation sites is 1. The predicted molar refractivity (Wildman–Crippen MR) is 71.5 cm³/mol. The molecule has 1 radical (unpaired) electrons. The van der Waals surface area contributed by atoms with Gasteiger partial charge in [0, 0.05) is 21.7 Å². The highest BCUT2D eigenvalue weighted by Crippen LogP contribution is 2.37. The molecule has 0 aliphatic carbocycles. The van der Waals surface area contributed by atoms with Crippen molar-refractivity contribution in [2.24, 2.45) is 0 Å². The van der Waals surface area contributed by atoms with Crippen LogP contribution in [0.25, 0.3) is 11.1 Å². The fourth-order valence-corrected chi connectivity index (χ4v) is 2.00. The molecule has 2 nitrogen and oxygen atoms in total. The molecule has 0 spiro atoms. The minimum Gasteiger partial charge on any atom is -0.496 e. The van der Waals surface area contributed by atoms with Gasteiger partial charge in [-0.15, -0.1) is 0 Å². The maximum absolute atomic E-state index is 5.35. The molecule has 3 heteroatoms. The van der Waals surface area contributed by atoms with Crippen LogP contribution in [0.2, 0.25) is 0 Å². The Bertz CT molecular complexity index is 523. The van der Waals surface area contributed by atoms with Gasteiger partial charge in [0.25, 0.3) is 0 Å². The second kappa shape index (κ2) is 5.23. The van der Waals surface area contributed by atoms with Crippen molar-refractivity contribution in [3.63, 3.8) is 0 Å². The van der Waals surface area contributed by atoms with E-state index < -0.39 is 0 Å². The number of benzene rings is 2. The summed E-state index contributed by atoms with van der Waals surface area (Å²) in [5, 5.41) is 0. The third-order valence-corrected chi connectivity index (χ3v) is 2.94. The van der Waals surface area contributed by atoms with Crippen LogP contribution in [0.1, 0.15) is 0 Å². The Hall–Kier alpha value is -1.48. The summed E-state index contributed by atoms with van der Waals surface area (Å²) in [5.41, 5.74) is 1.96. The Kier molecular flexibility index (Phi) is 3.69. The normalized spacial score (nSPS) is 10.1. The van der Waals surface area contributed by atoms with Gasteiger partial charge in [0.1, 0.15) is 11.5 Å². The summed E-state index contributed by atoms with van der Waals surface area (Å²) in [6, 6.07) is 14.9. The zero-order valence-electron chi connectivity index (χ0n) is 9.66. The summed E-state index contributed by atoms with van der Waals surface area (Å²) in [6.45, 7) is 0. The summed E-state index contributed by atoms with van der Waals surface area (Å²) in [6.07, 6.45) is 0. The molecule has 17 heavy (non-hydrogen) atoms. The van der Waals surface area contributed by atoms with Crippen molar-refractivity contribution in [2.75, 3.05) is 14.2 Å². The van der Waals surface area contributed by atoms with Crippen molar-refractivity contribution in [2.45, 2.75) is 0 Å². The van der Waals surface area contributed by atoms with Gasteiger partial charge in [-0.25, -0.2) is 0 Å². The number of hydrogen-bond acceptors (Lipinski definition) is 2. The van der Waals surface area contributed by atoms with Crippen LogP contribution in [-0.4, -0.2) is 14.2 Å². The third kappa shape index (κ3) is 2.44. The minimum absolute atomic E-state index is 0.698. The van der Waals surface area contributed by atoms with Crippen molar-refractivity contribution in [1.82, 2.24) is 0 Å². The van der Waals surface area contributed by atoms with Crippen molar-refractivity contribution in [3.8, 4) is 22.6 Å². The Labute approximate surface area is 109 Å². The van der Waals surface area contributed by atoms with E-state index in [0.717, 1.165) is 21.3 Å². The lowest BCUT2D eigenvalue weighted by Crippen LogP contribution is -1.91. The SMILES string of the molecule is COc1[c]c(Br)ccc1-c1ccccc1OC. The molecule has 0 unspecified atom stereocenters. The highest BCUT2D eigenvalue weighted by molar-refractivity contribution is 9.10. The second-order valence-corrected chi connectivity index (χ2v) is 4.31. The van der Waals surface area contributed by atoms with Gasteiger partial charge in [-0.2, -0.15) is 0 Å². The zero-order valence-corrected chi connectivity index (χ0v) is 11.2. The first-order chi connectivity index (χ1) is 8.26. The van der Waals surface area contributed by atoms with Crippen molar-refractivity contribution in [3.05, 3.63) is 46.9 Å². The quantitative estimate of drug-likeness (QED) is 0.853. The lowest BCUT2D eigenvalue weighted by Gasteiger charge is -2.12. The van der Waals surface area contributed by atoms with Gasteiger partial charge in [-0.1, -0.05) is 34.1 Å². The van der Waals surface area contributed by atoms with E-state index >= 15 is 0 Å². The van der Waals surface area contributed by atoms with Crippen LogP contribution in [0.5, 0.6) is 11.5 Å². The van der Waals surface area contributed by atoms with Gasteiger partial charge in [-0.3, -0.25) is 0 Å². The van der Waals surface area contributed by atoms with E-state index in [1.54, 1.807) is 14.2 Å². The molecule has 0 bridgehead atoms. The van der Waals surface area contributed by atoms with Crippen LogP contribution in [0.15, 0.2) is 40.9 Å². The molecule has 0 aromatic heterocycles. The first-order valence-corrected chi connectivity index (χ1v) is 5.94. The first-order valence-electron chi connectivity index (χ1n) is 5.15. The van der Waals surface area contributed by atoms with Gasteiger partial charge < -0.3 is 9.47 Å². The van der Waals surface area contributed by atoms with Gasteiger partial charge in [0.05, 0.1) is 14.2 Å². The van der Waals surface area contributed by atoms with E-state index in [0.29, 0.717) is 5.75 Å². The molecule has 0 fully saturated rings. The Morgan fingerprint density at radius 1 is 0.941 bits per heavy atom. The number of methoxy groups -OCH3 is 2. The lowest BCUT2D eigenvalue weighted by molar-refractivity contribution is 0.409. The number of hydrogen-bond donors (Lipinski definition) is 0. The zero-order chi connectivity index (χ0) is 12.3. The Morgan fingerprint density at radius 2 is 1.71 bits per heavy atom. The second-order valence-electron chi connectivity index (χ2n) is 3.45. The van der Waals surface area contributed by atoms with Gasteiger partial charge in [0.15, 0.2) is 0 Å². The van der Waals surface area contributed by atoms with Crippen LogP contribution in [0, 0.1) is 6.07 Å². The van der Waals surface area contributed by atoms with E-state index in [9.17, 15) is 0 Å². The molecule has 0 aliphatic rings. The van der Waals surface area contributed by atoms with Gasteiger partial charge in [-0.05, 0) is 18.2 Å². The molecule has 0 aliphatic heterocycles. The number of halogens is 1. The molecule has 0 saturated heterocycles. The van der Waals surface area contributed by atoms with E-state index in [1.807, 2.05) is 36.4 Å². The average molecular weight is 292 g/mol. The largest absolute Gasteiger partial charge is 0.496 e. The van der Waals surface area contributed by atoms with E-state index in [2.05, 4.69) is 22.0 Å². The molecule has 2 aromatic rings. The predicted octanol–water partition coefficient (Wildman–Crippen LogP) is 3.93. The smallest absolute Gasteiger partial charge is 0.135 e. The van der Waals surface area contributed by atoms with Gasteiger partial charge >= 0.3 is 0 Å². The van der Waals surface area contributed by atoms with Crippen LogP contribution in [0.4, 0.5) is 0 Å². The van der Waals surface area contributed by atoms with Crippen molar-refractivity contribution < 1.29 is 9.47 Å². The highest BCUT2D eigenvalue weighted by atomic mass is 79.9. The molecule has 87 valence electrons. The van der Waals surface area contributed by atoms with E-state index in [1.165, 1.54) is 0 Å². The molecular weight excluding hydrogens is 280 g/mol. The fourth-order valence-electron chi connectivity index (χ4n) is 1.69. The van der Waals surface area contributed by atoms with Gasteiger partial charge in [0.2, 0.25) is 0 Å². The molecule has 2 rings (SSSR count). The summed E-state index contributed by atoms with van der Waals surface area (Å²) in [7, 11) is 3.30. The summed E-state index contributed by atoms with van der Waals surface area (Å²) in [4.78, 5) is 0. The third-order valence-electron chi connectivity index (χ3n) is 2.48. The highest BCUT2D eigenvalue weighted by Gasteiger charge is 2.10. The molecular formula is C14H12BrO2. The van der Waals surface area contributed by atoms with Crippen molar-refractivity contribution >= 4 is 15.9 Å². The average Bonchev–Trinajstić information content (AvgIpc) is 2.38. The minimum atomic E-state index is 0.698. The van der Waals surface area contributed by atoms with E-state index in [4.69, 9.17) is 9.47 Å². The Morgan fingerprint density at radius 3 is 2.41 bits per heavy atom. The van der Waals surface area contributed by atoms with Crippen LogP contribution < -0.4 is 9.47 Å². The topological polar surface area (TPSA) is 18.5 Å². The maximum atomic E-state index is 5.35. The summed E-state index contributed by atoms with van der Waals surface area (Å²) < 4.78 is 11.6. The molecule has 0 saturated carbocycles. The standard InChI is InChI=1S/C14H12BrO2/c1-16-13-6-4-3-5-11(13)12-8-7-10(15)9-14(12)17-2/h3-8H,1-2H3. The van der Waals surface area contributed by atoms with Crippen molar-refractivity contribution in [1.29, 1.82) is 0 Å². The molecule has 2 aromatic carbocycles. The maximum Gasteiger partial charge on any atom is 0.135 e. The van der Waals surface area contributed by atoms with Crippen LogP contribution in [-0.2, 0) is 0 Å². The Balaban J connectivity index is 2.59. The number of rotatable bonds is 3. The fraction of sp³-hybridized carbons (Fsp3) is 0.143. The summed E-state index contributed by atoms with van der Waals surface area (Å²) >= 11 is 3.38. The monoisotopic (exact) mass is 291 g/mol. The van der Waals surface area contributed by atoms with Crippen LogP contribution >= 0.6 is 15.9 Å². The molecule has 0 N–H and O–H groups in total. The lowest BCUT2D eigenvalue weighted by atomic mass is 10.0. The number of ether oxygens (including phenoxy) is 2. The van der Waals surface area contributed by atoms with Crippen LogP contribution in [0.3, 0.4) is 0 Å². The molecule has 0 atom stereocenters.